The number of ether oxygens (including phenoxy) is 1. The second kappa shape index (κ2) is 7.36. The lowest BCUT2D eigenvalue weighted by Crippen LogP contribution is -2.30. The van der Waals surface area contributed by atoms with Gasteiger partial charge in [-0.05, 0) is 26.3 Å². The Morgan fingerprint density at radius 1 is 1.26 bits per heavy atom. The summed E-state index contributed by atoms with van der Waals surface area (Å²) in [6.45, 7) is 5.20. The number of rotatable bonds is 5. The van der Waals surface area contributed by atoms with Crippen molar-refractivity contribution in [2.75, 3.05) is 6.61 Å². The molecule has 0 aliphatic carbocycles. The molecule has 1 rings (SSSR count). The minimum Gasteiger partial charge on any atom is -0.452 e. The third-order valence-corrected chi connectivity index (χ3v) is 2.43. The Labute approximate surface area is 113 Å². The molecule has 0 fully saturated rings. The first kappa shape index (κ1) is 15.0. The average molecular weight is 261 g/mol. The number of nitrogens with one attached hydrogen (secondary N) is 1. The zero-order chi connectivity index (χ0) is 14.3. The van der Waals surface area contributed by atoms with Gasteiger partial charge in [-0.1, -0.05) is 35.9 Å². The van der Waals surface area contributed by atoms with Gasteiger partial charge in [-0.15, -0.1) is 0 Å². The summed E-state index contributed by atoms with van der Waals surface area (Å²) in [4.78, 5) is 22.8. The van der Waals surface area contributed by atoms with Crippen LogP contribution in [0, 0.1) is 0 Å². The summed E-state index contributed by atoms with van der Waals surface area (Å²) in [5.41, 5.74) is 1.84. The predicted octanol–water partition coefficient (Wildman–Crippen LogP) is 2.37. The van der Waals surface area contributed by atoms with Gasteiger partial charge in [-0.2, -0.15) is 0 Å². The monoisotopic (exact) mass is 261 g/mol. The smallest absolute Gasteiger partial charge is 0.331 e. The zero-order valence-electron chi connectivity index (χ0n) is 11.5. The fourth-order valence-corrected chi connectivity index (χ4v) is 1.52. The topological polar surface area (TPSA) is 55.4 Å². The van der Waals surface area contributed by atoms with E-state index < -0.39 is 5.97 Å². The largest absolute Gasteiger partial charge is 0.452 e. The second-order valence-corrected chi connectivity index (χ2v) is 4.53. The first-order chi connectivity index (χ1) is 8.99. The Morgan fingerprint density at radius 3 is 2.47 bits per heavy atom. The summed E-state index contributed by atoms with van der Waals surface area (Å²) in [7, 11) is 0. The first-order valence-corrected chi connectivity index (χ1v) is 6.15. The minimum absolute atomic E-state index is 0.115. The molecule has 0 aromatic heterocycles. The lowest BCUT2D eigenvalue weighted by atomic mass is 10.1. The maximum atomic E-state index is 11.6. The van der Waals surface area contributed by atoms with Crippen molar-refractivity contribution in [3.63, 3.8) is 0 Å². The Balaban J connectivity index is 2.40. The summed E-state index contributed by atoms with van der Waals surface area (Å²) >= 11 is 0. The number of benzene rings is 1. The quantitative estimate of drug-likeness (QED) is 0.654. The van der Waals surface area contributed by atoms with E-state index in [4.69, 9.17) is 4.74 Å². The fourth-order valence-electron chi connectivity index (χ4n) is 1.52. The molecule has 1 atom stereocenters. The summed E-state index contributed by atoms with van der Waals surface area (Å²) in [5, 5.41) is 2.77. The van der Waals surface area contributed by atoms with Crippen LogP contribution in [-0.4, -0.2) is 18.5 Å². The number of carbonyl (C=O) groups excluding carboxylic acids is 2. The highest BCUT2D eigenvalue weighted by Gasteiger charge is 2.10. The normalized spacial score (nSPS) is 11.3. The van der Waals surface area contributed by atoms with Crippen molar-refractivity contribution in [1.29, 1.82) is 0 Å². The first-order valence-electron chi connectivity index (χ1n) is 6.15. The Hall–Kier alpha value is -2.10. The van der Waals surface area contributed by atoms with Crippen molar-refractivity contribution in [3.05, 3.63) is 47.5 Å². The average Bonchev–Trinajstić information content (AvgIpc) is 2.36. The fraction of sp³-hybridized carbons (Fsp3) is 0.333. The van der Waals surface area contributed by atoms with Crippen LogP contribution in [0.5, 0.6) is 0 Å². The lowest BCUT2D eigenvalue weighted by molar-refractivity contribution is -0.144. The summed E-state index contributed by atoms with van der Waals surface area (Å²) < 4.78 is 4.82. The maximum Gasteiger partial charge on any atom is 0.331 e. The van der Waals surface area contributed by atoms with Gasteiger partial charge in [0.05, 0.1) is 6.04 Å². The Kier molecular flexibility index (Phi) is 5.79. The van der Waals surface area contributed by atoms with Gasteiger partial charge in [0, 0.05) is 6.08 Å². The third-order valence-electron chi connectivity index (χ3n) is 2.43. The van der Waals surface area contributed by atoms with E-state index in [0.29, 0.717) is 0 Å². The molecule has 19 heavy (non-hydrogen) atoms. The highest BCUT2D eigenvalue weighted by Crippen LogP contribution is 2.10. The van der Waals surface area contributed by atoms with Crippen molar-refractivity contribution < 1.29 is 14.3 Å². The molecule has 4 heteroatoms. The van der Waals surface area contributed by atoms with Crippen molar-refractivity contribution in [1.82, 2.24) is 5.32 Å². The molecule has 0 spiro atoms. The highest BCUT2D eigenvalue weighted by atomic mass is 16.5. The molecule has 0 heterocycles. The molecule has 1 amide bonds. The zero-order valence-corrected chi connectivity index (χ0v) is 11.5. The van der Waals surface area contributed by atoms with E-state index in [0.717, 1.165) is 11.1 Å². The molecule has 1 aromatic rings. The van der Waals surface area contributed by atoms with Crippen LogP contribution in [0.25, 0.3) is 0 Å². The van der Waals surface area contributed by atoms with E-state index in [1.54, 1.807) is 13.8 Å². The van der Waals surface area contributed by atoms with Crippen LogP contribution < -0.4 is 5.32 Å². The summed E-state index contributed by atoms with van der Waals surface area (Å²) in [6, 6.07) is 9.48. The van der Waals surface area contributed by atoms with Gasteiger partial charge >= 0.3 is 5.97 Å². The van der Waals surface area contributed by atoms with Gasteiger partial charge in [0.15, 0.2) is 6.61 Å². The van der Waals surface area contributed by atoms with E-state index in [1.165, 1.54) is 6.08 Å². The number of hydrogen-bond acceptors (Lipinski definition) is 3. The molecule has 4 nitrogen and oxygen atoms in total. The molecule has 0 bridgehead atoms. The molecule has 0 aliphatic rings. The number of amides is 1. The number of esters is 1. The Bertz CT molecular complexity index is 462. The number of carbonyl (C=O) groups is 2. The van der Waals surface area contributed by atoms with E-state index in [2.05, 4.69) is 5.32 Å². The van der Waals surface area contributed by atoms with E-state index >= 15 is 0 Å². The molecule has 0 unspecified atom stereocenters. The SMILES string of the molecule is CC(C)=CC(=O)OCC(=O)N[C@H](C)c1ccccc1. The van der Waals surface area contributed by atoms with Crippen LogP contribution in [0.2, 0.25) is 0 Å². The van der Waals surface area contributed by atoms with E-state index in [9.17, 15) is 9.59 Å². The summed E-state index contributed by atoms with van der Waals surface area (Å²) in [5.74, 6) is -0.811. The van der Waals surface area contributed by atoms with Crippen molar-refractivity contribution >= 4 is 11.9 Å². The van der Waals surface area contributed by atoms with E-state index in [-0.39, 0.29) is 18.6 Å². The molecule has 0 saturated carbocycles. The molecule has 1 N–H and O–H groups in total. The van der Waals surface area contributed by atoms with Gasteiger partial charge in [0.1, 0.15) is 0 Å². The van der Waals surface area contributed by atoms with Crippen LogP contribution in [0.3, 0.4) is 0 Å². The number of hydrogen-bond donors (Lipinski definition) is 1. The standard InChI is InChI=1S/C15H19NO3/c1-11(2)9-15(18)19-10-14(17)16-12(3)13-7-5-4-6-8-13/h4-9,12H,10H2,1-3H3,(H,16,17)/t12-/m1/s1. The third kappa shape index (κ3) is 5.86. The lowest BCUT2D eigenvalue weighted by Gasteiger charge is -2.14. The molecular formula is C15H19NO3. The van der Waals surface area contributed by atoms with Crippen LogP contribution in [0.1, 0.15) is 32.4 Å². The molecule has 1 aromatic carbocycles. The van der Waals surface area contributed by atoms with Gasteiger partial charge in [0.2, 0.25) is 0 Å². The van der Waals surface area contributed by atoms with Gasteiger partial charge in [0.25, 0.3) is 5.91 Å². The molecule has 102 valence electrons. The van der Waals surface area contributed by atoms with Crippen LogP contribution in [0.15, 0.2) is 42.0 Å². The van der Waals surface area contributed by atoms with Crippen molar-refractivity contribution in [2.24, 2.45) is 0 Å². The second-order valence-electron chi connectivity index (χ2n) is 4.53. The highest BCUT2D eigenvalue weighted by molar-refractivity contribution is 5.86. The Morgan fingerprint density at radius 2 is 1.89 bits per heavy atom. The van der Waals surface area contributed by atoms with Crippen molar-refractivity contribution in [2.45, 2.75) is 26.8 Å². The molecule has 0 saturated heterocycles. The van der Waals surface area contributed by atoms with Crippen LogP contribution in [0.4, 0.5) is 0 Å². The van der Waals surface area contributed by atoms with Crippen LogP contribution >= 0.6 is 0 Å². The van der Waals surface area contributed by atoms with Crippen LogP contribution in [-0.2, 0) is 14.3 Å². The van der Waals surface area contributed by atoms with Crippen molar-refractivity contribution in [3.8, 4) is 0 Å². The van der Waals surface area contributed by atoms with E-state index in [1.807, 2.05) is 37.3 Å². The number of allylic oxidation sites excluding steroid dienone is 1. The maximum absolute atomic E-state index is 11.6. The molecule has 0 radical (unpaired) electrons. The van der Waals surface area contributed by atoms with Gasteiger partial charge < -0.3 is 10.1 Å². The van der Waals surface area contributed by atoms with Gasteiger partial charge in [-0.3, -0.25) is 4.79 Å². The van der Waals surface area contributed by atoms with Gasteiger partial charge in [-0.25, -0.2) is 4.79 Å². The minimum atomic E-state index is -0.498. The predicted molar refractivity (Wildman–Crippen MR) is 73.4 cm³/mol. The molecule has 0 aliphatic heterocycles. The summed E-state index contributed by atoms with van der Waals surface area (Å²) in [6.07, 6.45) is 1.36. The molecular weight excluding hydrogens is 242 g/mol.